The molecule has 88 valence electrons. The summed E-state index contributed by atoms with van der Waals surface area (Å²) < 4.78 is 42.1. The van der Waals surface area contributed by atoms with Gasteiger partial charge in [0.15, 0.2) is 6.66 Å². The van der Waals surface area contributed by atoms with Crippen LogP contribution in [0, 0.1) is 6.92 Å². The third-order valence-electron chi connectivity index (χ3n) is 1.64. The van der Waals surface area contributed by atoms with Crippen LogP contribution in [0.2, 0.25) is 5.02 Å². The van der Waals surface area contributed by atoms with Crippen LogP contribution in [0.25, 0.3) is 0 Å². The quantitative estimate of drug-likeness (QED) is 0.483. The zero-order valence-corrected chi connectivity index (χ0v) is 11.0. The summed E-state index contributed by atoms with van der Waals surface area (Å²) in [6, 6.07) is 4.59. The molecule has 0 aliphatic rings. The molecule has 0 aliphatic heterocycles. The monoisotopic (exact) mass is 283 g/mol. The summed E-state index contributed by atoms with van der Waals surface area (Å²) in [4.78, 5) is -0.187. The molecule has 1 aromatic carbocycles. The van der Waals surface area contributed by atoms with Crippen LogP contribution in [0.5, 0.6) is 0 Å². The molecule has 0 aromatic heterocycles. The van der Waals surface area contributed by atoms with Crippen molar-refractivity contribution in [1.82, 2.24) is 0 Å². The molecule has 0 aliphatic carbocycles. The molecule has 0 saturated heterocycles. The van der Waals surface area contributed by atoms with Crippen molar-refractivity contribution >= 4 is 29.7 Å². The average Bonchev–Trinajstić information content (AvgIpc) is 2.14. The standard InChI is InChI=1S/C8H9ClO5PS/c1-6-4-3-5-7(9)8(6)16(11,12)14-13-15(2)10/h3-5H,1-2H3/q+1. The zero-order chi connectivity index (χ0) is 12.3. The minimum Gasteiger partial charge on any atom is -0.191 e. The number of halogens is 1. The van der Waals surface area contributed by atoms with Crippen LogP contribution in [-0.4, -0.2) is 15.1 Å². The molecule has 1 rings (SSSR count). The normalized spacial score (nSPS) is 12.6. The smallest absolute Gasteiger partial charge is 0.191 e. The van der Waals surface area contributed by atoms with Crippen molar-refractivity contribution in [1.29, 1.82) is 0 Å². The molecular formula is C8H9ClO5PS+. The van der Waals surface area contributed by atoms with E-state index in [-0.39, 0.29) is 9.92 Å². The van der Waals surface area contributed by atoms with Crippen LogP contribution < -0.4 is 0 Å². The zero-order valence-electron chi connectivity index (χ0n) is 8.51. The maximum absolute atomic E-state index is 11.6. The van der Waals surface area contributed by atoms with E-state index in [2.05, 4.69) is 9.01 Å². The first-order valence-corrected chi connectivity index (χ1v) is 7.53. The Balaban J connectivity index is 3.12. The molecule has 0 spiro atoms. The van der Waals surface area contributed by atoms with Crippen molar-refractivity contribution in [2.45, 2.75) is 11.8 Å². The van der Waals surface area contributed by atoms with Gasteiger partial charge in [-0.25, -0.2) is 0 Å². The van der Waals surface area contributed by atoms with Gasteiger partial charge in [-0.2, -0.15) is 8.42 Å². The van der Waals surface area contributed by atoms with Crippen LogP contribution in [0.15, 0.2) is 23.1 Å². The van der Waals surface area contributed by atoms with Crippen LogP contribution in [0.3, 0.4) is 0 Å². The van der Waals surface area contributed by atoms with Crippen molar-refractivity contribution in [2.75, 3.05) is 6.66 Å². The van der Waals surface area contributed by atoms with Gasteiger partial charge in [0.2, 0.25) is 0 Å². The predicted molar refractivity (Wildman–Crippen MR) is 59.1 cm³/mol. The molecule has 0 N–H and O–H groups in total. The minimum absolute atomic E-state index is 0.0231. The van der Waals surface area contributed by atoms with E-state index in [1.54, 1.807) is 19.1 Å². The van der Waals surface area contributed by atoms with Crippen molar-refractivity contribution in [2.24, 2.45) is 0 Å². The summed E-state index contributed by atoms with van der Waals surface area (Å²) in [6.45, 7) is 2.73. The second-order valence-electron chi connectivity index (χ2n) is 2.92. The van der Waals surface area contributed by atoms with Gasteiger partial charge in [-0.15, -0.1) is 0 Å². The molecule has 5 nitrogen and oxygen atoms in total. The van der Waals surface area contributed by atoms with E-state index in [1.807, 2.05) is 0 Å². The second-order valence-corrected chi connectivity index (χ2v) is 5.81. The number of benzene rings is 1. The lowest BCUT2D eigenvalue weighted by Gasteiger charge is -2.05. The highest BCUT2D eigenvalue weighted by Gasteiger charge is 2.26. The average molecular weight is 284 g/mol. The van der Waals surface area contributed by atoms with Crippen molar-refractivity contribution in [3.63, 3.8) is 0 Å². The molecule has 0 heterocycles. The molecule has 0 amide bonds. The van der Waals surface area contributed by atoms with Crippen LogP contribution >= 0.6 is 19.6 Å². The van der Waals surface area contributed by atoms with E-state index in [9.17, 15) is 13.0 Å². The lowest BCUT2D eigenvalue weighted by atomic mass is 10.2. The van der Waals surface area contributed by atoms with Gasteiger partial charge in [-0.3, -0.25) is 0 Å². The molecular weight excluding hydrogens is 275 g/mol. The van der Waals surface area contributed by atoms with E-state index in [1.165, 1.54) is 12.7 Å². The summed E-state index contributed by atoms with van der Waals surface area (Å²) in [5.74, 6) is 0. The van der Waals surface area contributed by atoms with E-state index in [0.717, 1.165) is 0 Å². The summed E-state index contributed by atoms with van der Waals surface area (Å²) in [6.07, 6.45) is 0. The largest absolute Gasteiger partial charge is 0.537 e. The number of hydrogen-bond acceptors (Lipinski definition) is 5. The Morgan fingerprint density at radius 1 is 1.38 bits per heavy atom. The van der Waals surface area contributed by atoms with E-state index < -0.39 is 18.1 Å². The van der Waals surface area contributed by atoms with Crippen LogP contribution in [-0.2, 0) is 23.7 Å². The molecule has 1 unspecified atom stereocenters. The van der Waals surface area contributed by atoms with Gasteiger partial charge in [0, 0.05) is 4.67 Å². The summed E-state index contributed by atoms with van der Waals surface area (Å²) >= 11 is 5.74. The molecule has 16 heavy (non-hydrogen) atoms. The topological polar surface area (TPSA) is 69.7 Å². The fourth-order valence-corrected chi connectivity index (χ4v) is 3.06. The first-order chi connectivity index (χ1) is 7.34. The summed E-state index contributed by atoms with van der Waals surface area (Å²) in [5, 5.41) is 0.0231. The Bertz CT molecular complexity index is 493. The Hall–Kier alpha value is -0.520. The molecule has 0 radical (unpaired) electrons. The molecule has 1 atom stereocenters. The van der Waals surface area contributed by atoms with Gasteiger partial charge < -0.3 is 0 Å². The molecule has 0 fully saturated rings. The van der Waals surface area contributed by atoms with Gasteiger partial charge in [0.05, 0.1) is 5.02 Å². The highest BCUT2D eigenvalue weighted by Crippen LogP contribution is 2.28. The SMILES string of the molecule is Cc1cccc(Cl)c1S(=O)(=O)OO[P+](C)=O. The third-order valence-corrected chi connectivity index (χ3v) is 3.74. The van der Waals surface area contributed by atoms with E-state index >= 15 is 0 Å². The Labute approximate surface area is 99.2 Å². The van der Waals surface area contributed by atoms with Crippen LogP contribution in [0.1, 0.15) is 5.56 Å². The third kappa shape index (κ3) is 3.23. The molecule has 0 bridgehead atoms. The lowest BCUT2D eigenvalue weighted by Crippen LogP contribution is -2.07. The van der Waals surface area contributed by atoms with Gasteiger partial charge in [-0.1, -0.05) is 28.1 Å². The second kappa shape index (κ2) is 5.21. The van der Waals surface area contributed by atoms with Gasteiger partial charge in [0.1, 0.15) is 4.90 Å². The Morgan fingerprint density at radius 3 is 2.50 bits per heavy atom. The van der Waals surface area contributed by atoms with Gasteiger partial charge in [0.25, 0.3) is 0 Å². The van der Waals surface area contributed by atoms with Crippen molar-refractivity contribution in [3.05, 3.63) is 28.8 Å². The predicted octanol–water partition coefficient (Wildman–Crippen LogP) is 2.66. The number of hydrogen-bond donors (Lipinski definition) is 0. The maximum atomic E-state index is 11.6. The van der Waals surface area contributed by atoms with Crippen molar-refractivity contribution < 1.29 is 22.0 Å². The highest BCUT2D eigenvalue weighted by molar-refractivity contribution is 7.87. The summed E-state index contributed by atoms with van der Waals surface area (Å²) in [7, 11) is -6.32. The molecule has 1 aromatic rings. The summed E-state index contributed by atoms with van der Waals surface area (Å²) in [5.41, 5.74) is 0.419. The van der Waals surface area contributed by atoms with E-state index in [0.29, 0.717) is 5.56 Å². The van der Waals surface area contributed by atoms with Crippen molar-refractivity contribution in [3.8, 4) is 0 Å². The Kier molecular flexibility index (Phi) is 4.41. The van der Waals surface area contributed by atoms with E-state index in [4.69, 9.17) is 11.6 Å². The molecule has 8 heteroatoms. The molecule has 0 saturated carbocycles. The number of aryl methyl sites for hydroxylation is 1. The first-order valence-electron chi connectivity index (χ1n) is 4.12. The fourth-order valence-electron chi connectivity index (χ4n) is 1.05. The lowest BCUT2D eigenvalue weighted by molar-refractivity contribution is -0.0833. The van der Waals surface area contributed by atoms with Crippen LogP contribution in [0.4, 0.5) is 0 Å². The fraction of sp³-hybridized carbons (Fsp3) is 0.250. The van der Waals surface area contributed by atoms with Gasteiger partial charge >= 0.3 is 18.1 Å². The first kappa shape index (κ1) is 13.5. The number of rotatable bonds is 4. The highest BCUT2D eigenvalue weighted by atomic mass is 35.5. The van der Waals surface area contributed by atoms with Gasteiger partial charge in [-0.05, 0) is 23.1 Å². The minimum atomic E-state index is -4.15. The Morgan fingerprint density at radius 2 is 2.00 bits per heavy atom. The maximum Gasteiger partial charge on any atom is 0.537 e.